The maximum atomic E-state index is 12.1. The van der Waals surface area contributed by atoms with Crippen LogP contribution in [-0.4, -0.2) is 37.1 Å². The molecule has 1 aliphatic heterocycles. The number of carbonyl (C=O) groups excluding carboxylic acids is 3. The molecule has 0 spiro atoms. The van der Waals surface area contributed by atoms with E-state index in [-0.39, 0.29) is 6.61 Å². The van der Waals surface area contributed by atoms with Crippen molar-refractivity contribution >= 4 is 17.8 Å². The summed E-state index contributed by atoms with van der Waals surface area (Å²) < 4.78 is 16.0. The van der Waals surface area contributed by atoms with E-state index < -0.39 is 30.5 Å². The van der Waals surface area contributed by atoms with E-state index in [1.165, 1.54) is 19.3 Å². The molecule has 1 heterocycles. The van der Waals surface area contributed by atoms with Gasteiger partial charge in [0.15, 0.2) is 18.1 Å². The number of carbonyl (C=O) groups is 3. The highest BCUT2D eigenvalue weighted by atomic mass is 16.6. The molecule has 1 atom stereocenters. The second-order valence-corrected chi connectivity index (χ2v) is 7.11. The maximum Gasteiger partial charge on any atom is 0.306 e. The van der Waals surface area contributed by atoms with Crippen molar-refractivity contribution < 1.29 is 28.6 Å². The Balaban J connectivity index is 1.30. The van der Waals surface area contributed by atoms with Gasteiger partial charge in [0.25, 0.3) is 11.8 Å². The molecule has 2 amide bonds. The van der Waals surface area contributed by atoms with Crippen LogP contribution in [-0.2, 0) is 19.1 Å². The van der Waals surface area contributed by atoms with Crippen LogP contribution >= 0.6 is 0 Å². The van der Waals surface area contributed by atoms with Crippen LogP contribution < -0.4 is 20.3 Å². The molecule has 0 unspecified atom stereocenters. The molecule has 0 saturated heterocycles. The predicted octanol–water partition coefficient (Wildman–Crippen LogP) is 1.88. The van der Waals surface area contributed by atoms with Gasteiger partial charge in [-0.3, -0.25) is 25.2 Å². The normalized spacial score (nSPS) is 18.8. The summed E-state index contributed by atoms with van der Waals surface area (Å²) in [5, 5.41) is 0. The zero-order valence-electron chi connectivity index (χ0n) is 15.8. The molecule has 0 aromatic heterocycles. The van der Waals surface area contributed by atoms with Gasteiger partial charge in [0, 0.05) is 6.42 Å². The highest BCUT2D eigenvalue weighted by Gasteiger charge is 2.27. The minimum absolute atomic E-state index is 0.0366. The van der Waals surface area contributed by atoms with Gasteiger partial charge < -0.3 is 14.2 Å². The molecule has 152 valence electrons. The van der Waals surface area contributed by atoms with Crippen LogP contribution in [0.5, 0.6) is 11.5 Å². The number of esters is 1. The van der Waals surface area contributed by atoms with E-state index in [2.05, 4.69) is 10.9 Å². The van der Waals surface area contributed by atoms with Crippen molar-refractivity contribution in [3.63, 3.8) is 0 Å². The van der Waals surface area contributed by atoms with Crippen LogP contribution in [0, 0.1) is 5.92 Å². The minimum atomic E-state index is -0.881. The molecule has 8 nitrogen and oxygen atoms in total. The number of ether oxygens (including phenoxy) is 3. The van der Waals surface area contributed by atoms with E-state index >= 15 is 0 Å². The average Bonchev–Trinajstić information content (AvgIpc) is 2.75. The van der Waals surface area contributed by atoms with Crippen molar-refractivity contribution in [3.05, 3.63) is 24.3 Å². The SMILES string of the molecule is O=C(COC(=O)CCC1CCCCC1)NNC(=O)[C@@H]1COc2ccccc2O1. The number of para-hydroxylation sites is 2. The molecule has 1 aromatic rings. The zero-order valence-corrected chi connectivity index (χ0v) is 15.8. The van der Waals surface area contributed by atoms with Crippen LogP contribution in [0.2, 0.25) is 0 Å². The number of hydrazine groups is 1. The quantitative estimate of drug-likeness (QED) is 0.568. The first-order valence-electron chi connectivity index (χ1n) is 9.74. The van der Waals surface area contributed by atoms with E-state index in [0.29, 0.717) is 23.8 Å². The summed E-state index contributed by atoms with van der Waals surface area (Å²) in [4.78, 5) is 35.6. The van der Waals surface area contributed by atoms with Gasteiger partial charge in [-0.15, -0.1) is 0 Å². The molecule has 2 N–H and O–H groups in total. The lowest BCUT2D eigenvalue weighted by Gasteiger charge is -2.25. The van der Waals surface area contributed by atoms with Crippen molar-refractivity contribution in [1.29, 1.82) is 0 Å². The van der Waals surface area contributed by atoms with E-state index in [1.54, 1.807) is 24.3 Å². The Morgan fingerprint density at radius 1 is 1.04 bits per heavy atom. The third kappa shape index (κ3) is 5.87. The maximum absolute atomic E-state index is 12.1. The largest absolute Gasteiger partial charge is 0.485 e. The van der Waals surface area contributed by atoms with Gasteiger partial charge in [-0.05, 0) is 24.5 Å². The number of fused-ring (bicyclic) bond motifs is 1. The van der Waals surface area contributed by atoms with Gasteiger partial charge in [-0.1, -0.05) is 44.2 Å². The molecular weight excluding hydrogens is 364 g/mol. The summed E-state index contributed by atoms with van der Waals surface area (Å²) >= 11 is 0. The molecule has 3 rings (SSSR count). The van der Waals surface area contributed by atoms with Crippen molar-refractivity contribution in [2.45, 2.75) is 51.0 Å². The summed E-state index contributed by atoms with van der Waals surface area (Å²) in [5.41, 5.74) is 4.47. The molecule has 1 saturated carbocycles. The number of benzene rings is 1. The van der Waals surface area contributed by atoms with Gasteiger partial charge in [0.2, 0.25) is 6.10 Å². The van der Waals surface area contributed by atoms with E-state index in [1.807, 2.05) is 0 Å². The second kappa shape index (κ2) is 9.96. The van der Waals surface area contributed by atoms with Gasteiger partial charge in [-0.25, -0.2) is 0 Å². The van der Waals surface area contributed by atoms with E-state index in [0.717, 1.165) is 19.3 Å². The zero-order chi connectivity index (χ0) is 19.8. The fraction of sp³-hybridized carbons (Fsp3) is 0.550. The monoisotopic (exact) mass is 390 g/mol. The number of amides is 2. The fourth-order valence-corrected chi connectivity index (χ4v) is 3.41. The minimum Gasteiger partial charge on any atom is -0.485 e. The first kappa shape index (κ1) is 20.0. The number of rotatable bonds is 6. The molecule has 1 fully saturated rings. The Morgan fingerprint density at radius 3 is 2.57 bits per heavy atom. The summed E-state index contributed by atoms with van der Waals surface area (Å²) in [7, 11) is 0. The Morgan fingerprint density at radius 2 is 1.79 bits per heavy atom. The summed E-state index contributed by atoms with van der Waals surface area (Å²) in [6.45, 7) is -0.399. The second-order valence-electron chi connectivity index (χ2n) is 7.11. The first-order chi connectivity index (χ1) is 13.6. The van der Waals surface area contributed by atoms with Gasteiger partial charge in [0.1, 0.15) is 6.61 Å². The van der Waals surface area contributed by atoms with Gasteiger partial charge >= 0.3 is 5.97 Å². The Bertz CT molecular complexity index is 702. The summed E-state index contributed by atoms with van der Waals surface area (Å²) in [5.74, 6) is 0.0516. The molecule has 8 heteroatoms. The average molecular weight is 390 g/mol. The van der Waals surface area contributed by atoms with Crippen molar-refractivity contribution in [2.24, 2.45) is 5.92 Å². The van der Waals surface area contributed by atoms with Crippen LogP contribution in [0.25, 0.3) is 0 Å². The third-order valence-corrected chi connectivity index (χ3v) is 4.97. The van der Waals surface area contributed by atoms with Crippen LogP contribution in [0.15, 0.2) is 24.3 Å². The van der Waals surface area contributed by atoms with Crippen molar-refractivity contribution in [2.75, 3.05) is 13.2 Å². The highest BCUT2D eigenvalue weighted by molar-refractivity contribution is 5.86. The van der Waals surface area contributed by atoms with E-state index in [4.69, 9.17) is 14.2 Å². The summed E-state index contributed by atoms with van der Waals surface area (Å²) in [6.07, 6.45) is 6.29. The van der Waals surface area contributed by atoms with E-state index in [9.17, 15) is 14.4 Å². The van der Waals surface area contributed by atoms with Crippen LogP contribution in [0.4, 0.5) is 0 Å². The fourth-order valence-electron chi connectivity index (χ4n) is 3.41. The van der Waals surface area contributed by atoms with Gasteiger partial charge in [-0.2, -0.15) is 0 Å². The number of nitrogens with one attached hydrogen (secondary N) is 2. The molecule has 28 heavy (non-hydrogen) atoms. The molecule has 0 radical (unpaired) electrons. The first-order valence-corrected chi connectivity index (χ1v) is 9.74. The van der Waals surface area contributed by atoms with Crippen molar-refractivity contribution in [1.82, 2.24) is 10.9 Å². The number of hydrogen-bond donors (Lipinski definition) is 2. The Kier molecular flexibility index (Phi) is 7.11. The lowest BCUT2D eigenvalue weighted by atomic mass is 9.86. The van der Waals surface area contributed by atoms with Crippen LogP contribution in [0.1, 0.15) is 44.9 Å². The third-order valence-electron chi connectivity index (χ3n) is 4.97. The topological polar surface area (TPSA) is 103 Å². The van der Waals surface area contributed by atoms with Gasteiger partial charge in [0.05, 0.1) is 0 Å². The molecule has 1 aromatic carbocycles. The lowest BCUT2D eigenvalue weighted by Crippen LogP contribution is -2.51. The molecule has 2 aliphatic rings. The summed E-state index contributed by atoms with van der Waals surface area (Å²) in [6, 6.07) is 7.01. The predicted molar refractivity (Wildman–Crippen MR) is 99.4 cm³/mol. The Hall–Kier alpha value is -2.77. The smallest absolute Gasteiger partial charge is 0.306 e. The molecule has 0 bridgehead atoms. The van der Waals surface area contributed by atoms with Crippen molar-refractivity contribution in [3.8, 4) is 11.5 Å². The highest BCUT2D eigenvalue weighted by Crippen LogP contribution is 2.30. The Labute approximate surface area is 163 Å². The molecular formula is C20H26N2O6. The van der Waals surface area contributed by atoms with Crippen LogP contribution in [0.3, 0.4) is 0 Å². The number of hydrogen-bond acceptors (Lipinski definition) is 6. The standard InChI is InChI=1S/C20H26N2O6/c23-18(13-27-19(24)11-10-14-6-2-1-3-7-14)21-22-20(25)17-12-26-15-8-4-5-9-16(15)28-17/h4-5,8-9,14,17H,1-3,6-7,10-13H2,(H,21,23)(H,22,25)/t17-/m0/s1. The molecule has 1 aliphatic carbocycles. The lowest BCUT2D eigenvalue weighted by molar-refractivity contribution is -0.149.